The summed E-state index contributed by atoms with van der Waals surface area (Å²) in [5, 5.41) is 28.5. The molecule has 1 fully saturated rings. The SMILES string of the molecule is C[C@@H]1C[C@H](N(C)CCc2cn(C(CF)Cc3ccc(-c4cccnc4)cc3)nn2)C(O)[C@H](O)O1. The van der Waals surface area contributed by atoms with Crippen molar-refractivity contribution in [2.24, 2.45) is 0 Å². The van der Waals surface area contributed by atoms with E-state index in [2.05, 4.69) is 15.3 Å². The van der Waals surface area contributed by atoms with E-state index in [9.17, 15) is 14.6 Å². The summed E-state index contributed by atoms with van der Waals surface area (Å²) in [6, 6.07) is 11.3. The van der Waals surface area contributed by atoms with E-state index < -0.39 is 25.1 Å². The van der Waals surface area contributed by atoms with Crippen molar-refractivity contribution in [2.75, 3.05) is 20.3 Å². The highest BCUT2D eigenvalue weighted by Crippen LogP contribution is 2.23. The third-order valence-corrected chi connectivity index (χ3v) is 6.45. The summed E-state index contributed by atoms with van der Waals surface area (Å²) in [6.45, 7) is 1.96. The fraction of sp³-hybridized carbons (Fsp3) is 0.480. The molecule has 0 saturated carbocycles. The largest absolute Gasteiger partial charge is 0.386 e. The van der Waals surface area contributed by atoms with Crippen LogP contribution in [0.1, 0.15) is 30.6 Å². The maximum absolute atomic E-state index is 13.9. The molecule has 0 amide bonds. The number of pyridine rings is 1. The van der Waals surface area contributed by atoms with Gasteiger partial charge in [-0.2, -0.15) is 0 Å². The molecule has 2 aromatic heterocycles. The molecule has 1 aliphatic heterocycles. The number of halogens is 1. The Labute approximate surface area is 199 Å². The summed E-state index contributed by atoms with van der Waals surface area (Å²) >= 11 is 0. The summed E-state index contributed by atoms with van der Waals surface area (Å²) in [5.74, 6) is 0. The number of likely N-dealkylation sites (N-methyl/N-ethyl adjacent to an activating group) is 1. The Bertz CT molecular complexity index is 1030. The molecule has 3 aromatic rings. The molecule has 0 spiro atoms. The number of nitrogens with zero attached hydrogens (tertiary/aromatic N) is 5. The number of benzene rings is 1. The van der Waals surface area contributed by atoms with Crippen molar-refractivity contribution in [3.05, 3.63) is 66.2 Å². The van der Waals surface area contributed by atoms with E-state index in [4.69, 9.17) is 4.74 Å². The van der Waals surface area contributed by atoms with Gasteiger partial charge in [-0.15, -0.1) is 5.10 Å². The van der Waals surface area contributed by atoms with Crippen molar-refractivity contribution in [3.8, 4) is 11.1 Å². The molecular weight excluding hydrogens is 437 g/mol. The lowest BCUT2D eigenvalue weighted by molar-refractivity contribution is -0.231. The van der Waals surface area contributed by atoms with Crippen LogP contribution < -0.4 is 0 Å². The van der Waals surface area contributed by atoms with Gasteiger partial charge in [-0.1, -0.05) is 35.5 Å². The molecule has 3 heterocycles. The lowest BCUT2D eigenvalue weighted by Crippen LogP contribution is -2.54. The number of alkyl halides is 1. The van der Waals surface area contributed by atoms with Crippen LogP contribution in [0.3, 0.4) is 0 Å². The van der Waals surface area contributed by atoms with Crippen LogP contribution in [0.15, 0.2) is 55.0 Å². The second-order valence-electron chi connectivity index (χ2n) is 9.00. The number of aromatic nitrogens is 4. The minimum atomic E-state index is -1.18. The first-order valence-corrected chi connectivity index (χ1v) is 11.6. The van der Waals surface area contributed by atoms with Crippen LogP contribution in [0.2, 0.25) is 0 Å². The van der Waals surface area contributed by atoms with Gasteiger partial charge in [-0.3, -0.25) is 4.98 Å². The summed E-state index contributed by atoms with van der Waals surface area (Å²) in [5.41, 5.74) is 3.89. The molecule has 2 N–H and O–H groups in total. The van der Waals surface area contributed by atoms with Crippen LogP contribution in [0.25, 0.3) is 11.1 Å². The summed E-state index contributed by atoms with van der Waals surface area (Å²) in [7, 11) is 1.91. The van der Waals surface area contributed by atoms with Crippen LogP contribution in [-0.4, -0.2) is 79.9 Å². The highest BCUT2D eigenvalue weighted by atomic mass is 19.1. The third kappa shape index (κ3) is 5.85. The van der Waals surface area contributed by atoms with Crippen molar-refractivity contribution >= 4 is 0 Å². The topological polar surface area (TPSA) is 96.5 Å². The first-order chi connectivity index (χ1) is 16.4. The molecule has 1 saturated heterocycles. The maximum Gasteiger partial charge on any atom is 0.182 e. The van der Waals surface area contributed by atoms with E-state index in [1.54, 1.807) is 17.1 Å². The second-order valence-corrected chi connectivity index (χ2v) is 9.00. The minimum absolute atomic E-state index is 0.129. The summed E-state index contributed by atoms with van der Waals surface area (Å²) in [4.78, 5) is 6.15. The monoisotopic (exact) mass is 469 g/mol. The smallest absolute Gasteiger partial charge is 0.182 e. The van der Waals surface area contributed by atoms with Crippen molar-refractivity contribution < 1.29 is 19.3 Å². The summed E-state index contributed by atoms with van der Waals surface area (Å²) < 4.78 is 20.8. The minimum Gasteiger partial charge on any atom is -0.386 e. The van der Waals surface area contributed by atoms with Crippen molar-refractivity contribution in [3.63, 3.8) is 0 Å². The van der Waals surface area contributed by atoms with Crippen molar-refractivity contribution in [1.29, 1.82) is 0 Å². The van der Waals surface area contributed by atoms with E-state index in [1.807, 2.05) is 61.5 Å². The number of aliphatic hydroxyl groups excluding tert-OH is 2. The van der Waals surface area contributed by atoms with Crippen LogP contribution in [0, 0.1) is 0 Å². The Balaban J connectivity index is 1.34. The zero-order chi connectivity index (χ0) is 24.1. The van der Waals surface area contributed by atoms with Gasteiger partial charge in [-0.05, 0) is 49.6 Å². The fourth-order valence-corrected chi connectivity index (χ4v) is 4.41. The molecule has 8 nitrogen and oxygen atoms in total. The number of hydrogen-bond acceptors (Lipinski definition) is 7. The van der Waals surface area contributed by atoms with E-state index in [0.717, 1.165) is 22.4 Å². The Hall–Kier alpha value is -2.72. The van der Waals surface area contributed by atoms with E-state index >= 15 is 0 Å². The van der Waals surface area contributed by atoms with Crippen LogP contribution in [0.4, 0.5) is 4.39 Å². The molecule has 2 unspecified atom stereocenters. The van der Waals surface area contributed by atoms with E-state index in [1.165, 1.54) is 0 Å². The lowest BCUT2D eigenvalue weighted by Gasteiger charge is -2.40. The molecule has 0 aliphatic carbocycles. The normalized spacial score (nSPS) is 23.8. The average molecular weight is 470 g/mol. The quantitative estimate of drug-likeness (QED) is 0.497. The Morgan fingerprint density at radius 2 is 2.00 bits per heavy atom. The molecule has 0 radical (unpaired) electrons. The molecule has 0 bridgehead atoms. The highest BCUT2D eigenvalue weighted by Gasteiger charge is 2.37. The van der Waals surface area contributed by atoms with E-state index in [0.29, 0.717) is 25.8 Å². The average Bonchev–Trinajstić information content (AvgIpc) is 3.33. The van der Waals surface area contributed by atoms with Gasteiger partial charge in [0.15, 0.2) is 6.29 Å². The standard InChI is InChI=1S/C25H32FN5O3/c1-17-12-23(24(32)25(33)34-17)30(2)11-9-21-16-31(29-28-21)22(14-26)13-18-5-7-19(8-6-18)20-4-3-10-27-15-20/h3-8,10,15-17,22-25,32-33H,9,11-14H2,1-2H3/t17-,22?,23+,24?,25-/m1/s1. The second kappa shape index (κ2) is 11.1. The van der Waals surface area contributed by atoms with Gasteiger partial charge in [0.05, 0.1) is 17.8 Å². The molecule has 4 rings (SSSR count). The Morgan fingerprint density at radius 3 is 2.71 bits per heavy atom. The third-order valence-electron chi connectivity index (χ3n) is 6.45. The van der Waals surface area contributed by atoms with Crippen molar-refractivity contribution in [1.82, 2.24) is 24.9 Å². The predicted molar refractivity (Wildman–Crippen MR) is 126 cm³/mol. The number of hydrogen-bond donors (Lipinski definition) is 2. The zero-order valence-electron chi connectivity index (χ0n) is 19.5. The maximum atomic E-state index is 13.9. The molecule has 34 heavy (non-hydrogen) atoms. The highest BCUT2D eigenvalue weighted by molar-refractivity contribution is 5.62. The molecular formula is C25H32FN5O3. The number of ether oxygens (including phenoxy) is 1. The van der Waals surface area contributed by atoms with Gasteiger partial charge in [0.2, 0.25) is 0 Å². The molecule has 1 aromatic carbocycles. The first kappa shape index (κ1) is 24.4. The van der Waals surface area contributed by atoms with Gasteiger partial charge in [-0.25, -0.2) is 9.07 Å². The summed E-state index contributed by atoms with van der Waals surface area (Å²) in [6.07, 6.45) is 4.83. The van der Waals surface area contributed by atoms with E-state index in [-0.39, 0.29) is 12.1 Å². The van der Waals surface area contributed by atoms with Gasteiger partial charge in [0.25, 0.3) is 0 Å². The molecule has 5 atom stereocenters. The predicted octanol–water partition coefficient (Wildman–Crippen LogP) is 2.42. The van der Waals surface area contributed by atoms with Gasteiger partial charge in [0, 0.05) is 37.6 Å². The lowest BCUT2D eigenvalue weighted by atomic mass is 9.99. The van der Waals surface area contributed by atoms with Gasteiger partial charge >= 0.3 is 0 Å². The van der Waals surface area contributed by atoms with Crippen LogP contribution in [0.5, 0.6) is 0 Å². The van der Waals surface area contributed by atoms with Crippen LogP contribution >= 0.6 is 0 Å². The van der Waals surface area contributed by atoms with Gasteiger partial charge in [0.1, 0.15) is 12.8 Å². The van der Waals surface area contributed by atoms with Gasteiger partial charge < -0.3 is 19.8 Å². The van der Waals surface area contributed by atoms with Crippen molar-refractivity contribution in [2.45, 2.75) is 56.8 Å². The Kier molecular flexibility index (Phi) is 7.99. The zero-order valence-corrected chi connectivity index (χ0v) is 19.5. The molecule has 9 heteroatoms. The number of rotatable bonds is 9. The molecule has 182 valence electrons. The first-order valence-electron chi connectivity index (χ1n) is 11.6. The van der Waals surface area contributed by atoms with Crippen LogP contribution in [-0.2, 0) is 17.6 Å². The number of aliphatic hydroxyl groups is 2. The fourth-order valence-electron chi connectivity index (χ4n) is 4.41. The molecule has 1 aliphatic rings. The Morgan fingerprint density at radius 1 is 1.21 bits per heavy atom.